The number of rotatable bonds is 0. The Balaban J connectivity index is 3.01. The molecular formula is C9H11NS. The largest absolute Gasteiger partial charge is 0.232 e. The molecule has 58 valence electrons. The molecule has 0 bridgehead atoms. The van der Waals surface area contributed by atoms with E-state index in [0.717, 1.165) is 10.7 Å². The SMILES string of the molecule is C#Cc1nc(C(C)(C)C)cs1. The highest BCUT2D eigenvalue weighted by Gasteiger charge is 2.16. The Morgan fingerprint density at radius 2 is 2.18 bits per heavy atom. The van der Waals surface area contributed by atoms with Crippen molar-refractivity contribution in [1.29, 1.82) is 0 Å². The predicted octanol–water partition coefficient (Wildman–Crippen LogP) is 2.42. The van der Waals surface area contributed by atoms with Gasteiger partial charge in [-0.2, -0.15) is 0 Å². The first-order valence-electron chi connectivity index (χ1n) is 3.46. The van der Waals surface area contributed by atoms with E-state index in [9.17, 15) is 0 Å². The van der Waals surface area contributed by atoms with Crippen molar-refractivity contribution >= 4 is 11.3 Å². The molecule has 0 unspecified atom stereocenters. The van der Waals surface area contributed by atoms with Crippen LogP contribution in [-0.4, -0.2) is 4.98 Å². The smallest absolute Gasteiger partial charge is 0.166 e. The third-order valence-electron chi connectivity index (χ3n) is 1.40. The molecule has 1 heterocycles. The van der Waals surface area contributed by atoms with Gasteiger partial charge >= 0.3 is 0 Å². The van der Waals surface area contributed by atoms with Crippen molar-refractivity contribution in [2.45, 2.75) is 26.2 Å². The second kappa shape index (κ2) is 2.67. The zero-order valence-electron chi connectivity index (χ0n) is 7.01. The van der Waals surface area contributed by atoms with Gasteiger partial charge in [0.05, 0.1) is 5.69 Å². The minimum absolute atomic E-state index is 0.117. The summed E-state index contributed by atoms with van der Waals surface area (Å²) >= 11 is 1.53. The van der Waals surface area contributed by atoms with Crippen molar-refractivity contribution in [2.75, 3.05) is 0 Å². The number of aromatic nitrogens is 1. The van der Waals surface area contributed by atoms with Crippen molar-refractivity contribution in [3.05, 3.63) is 16.1 Å². The van der Waals surface area contributed by atoms with Gasteiger partial charge in [-0.25, -0.2) is 4.98 Å². The van der Waals surface area contributed by atoms with Gasteiger partial charge < -0.3 is 0 Å². The van der Waals surface area contributed by atoms with E-state index in [-0.39, 0.29) is 5.41 Å². The maximum absolute atomic E-state index is 5.20. The van der Waals surface area contributed by atoms with Crippen molar-refractivity contribution < 1.29 is 0 Å². The molecule has 0 saturated carbocycles. The molecule has 0 radical (unpaired) electrons. The quantitative estimate of drug-likeness (QED) is 0.538. The summed E-state index contributed by atoms with van der Waals surface area (Å²) in [6.45, 7) is 6.38. The van der Waals surface area contributed by atoms with Gasteiger partial charge in [-0.3, -0.25) is 0 Å². The Bertz CT molecular complexity index is 285. The average Bonchev–Trinajstić information content (AvgIpc) is 2.32. The van der Waals surface area contributed by atoms with Crippen LogP contribution in [0.4, 0.5) is 0 Å². The lowest BCUT2D eigenvalue weighted by Gasteiger charge is -2.13. The number of nitrogens with zero attached hydrogens (tertiary/aromatic N) is 1. The first kappa shape index (κ1) is 8.29. The molecular weight excluding hydrogens is 154 g/mol. The first-order valence-corrected chi connectivity index (χ1v) is 4.34. The van der Waals surface area contributed by atoms with Gasteiger partial charge in [0.2, 0.25) is 0 Å². The van der Waals surface area contributed by atoms with E-state index in [4.69, 9.17) is 6.42 Å². The normalized spacial score (nSPS) is 11.1. The minimum Gasteiger partial charge on any atom is -0.232 e. The molecule has 0 saturated heterocycles. The van der Waals surface area contributed by atoms with Crippen LogP contribution in [-0.2, 0) is 5.41 Å². The Labute approximate surface area is 71.5 Å². The van der Waals surface area contributed by atoms with E-state index in [0.29, 0.717) is 0 Å². The molecule has 0 aliphatic carbocycles. The molecule has 0 spiro atoms. The second-order valence-electron chi connectivity index (χ2n) is 3.43. The molecule has 0 amide bonds. The molecule has 1 nitrogen and oxygen atoms in total. The Kier molecular flexibility index (Phi) is 2.01. The van der Waals surface area contributed by atoms with Crippen molar-refractivity contribution in [3.8, 4) is 12.3 Å². The van der Waals surface area contributed by atoms with Crippen molar-refractivity contribution in [2.24, 2.45) is 0 Å². The van der Waals surface area contributed by atoms with Gasteiger partial charge in [0, 0.05) is 10.8 Å². The van der Waals surface area contributed by atoms with Crippen LogP contribution in [0, 0.1) is 12.3 Å². The Morgan fingerprint density at radius 3 is 2.45 bits per heavy atom. The highest BCUT2D eigenvalue weighted by molar-refractivity contribution is 7.10. The number of terminal acetylenes is 1. The maximum atomic E-state index is 5.20. The van der Waals surface area contributed by atoms with E-state index in [1.807, 2.05) is 5.38 Å². The summed E-state index contributed by atoms with van der Waals surface area (Å²) in [5, 5.41) is 2.80. The second-order valence-corrected chi connectivity index (χ2v) is 4.29. The van der Waals surface area contributed by atoms with E-state index in [1.54, 1.807) is 0 Å². The van der Waals surface area contributed by atoms with Crippen LogP contribution in [0.1, 0.15) is 31.5 Å². The predicted molar refractivity (Wildman–Crippen MR) is 48.7 cm³/mol. The lowest BCUT2D eigenvalue weighted by Crippen LogP contribution is -2.11. The third kappa shape index (κ3) is 1.81. The monoisotopic (exact) mass is 165 g/mol. The molecule has 0 aromatic carbocycles. The lowest BCUT2D eigenvalue weighted by molar-refractivity contribution is 0.572. The van der Waals surface area contributed by atoms with E-state index in [2.05, 4.69) is 31.7 Å². The maximum Gasteiger partial charge on any atom is 0.166 e. The first-order chi connectivity index (χ1) is 5.04. The van der Waals surface area contributed by atoms with Crippen molar-refractivity contribution in [3.63, 3.8) is 0 Å². The van der Waals surface area contributed by atoms with Crippen LogP contribution < -0.4 is 0 Å². The summed E-state index contributed by atoms with van der Waals surface area (Å²) in [4.78, 5) is 4.28. The topological polar surface area (TPSA) is 12.9 Å². The standard InChI is InChI=1S/C9H11NS/c1-5-8-10-7(6-11-8)9(2,3)4/h1,6H,2-4H3. The molecule has 2 heteroatoms. The van der Waals surface area contributed by atoms with Crippen LogP contribution in [0.5, 0.6) is 0 Å². The summed E-state index contributed by atoms with van der Waals surface area (Å²) in [7, 11) is 0. The zero-order valence-corrected chi connectivity index (χ0v) is 7.83. The summed E-state index contributed by atoms with van der Waals surface area (Å²) < 4.78 is 0. The summed E-state index contributed by atoms with van der Waals surface area (Å²) in [6, 6.07) is 0. The molecule has 11 heavy (non-hydrogen) atoms. The van der Waals surface area contributed by atoms with Crippen LogP contribution in [0.3, 0.4) is 0 Å². The number of thiazole rings is 1. The lowest BCUT2D eigenvalue weighted by atomic mass is 9.93. The highest BCUT2D eigenvalue weighted by Crippen LogP contribution is 2.23. The molecule has 0 atom stereocenters. The van der Waals surface area contributed by atoms with Crippen LogP contribution in [0.15, 0.2) is 5.38 Å². The van der Waals surface area contributed by atoms with E-state index >= 15 is 0 Å². The molecule has 0 aliphatic rings. The molecule has 1 aromatic rings. The summed E-state index contributed by atoms with van der Waals surface area (Å²) in [5.74, 6) is 2.53. The molecule has 0 fully saturated rings. The number of hydrogen-bond acceptors (Lipinski definition) is 2. The van der Waals surface area contributed by atoms with Gasteiger partial charge in [0.25, 0.3) is 0 Å². The Hall–Kier alpha value is -0.810. The fraction of sp³-hybridized carbons (Fsp3) is 0.444. The van der Waals surface area contributed by atoms with E-state index < -0.39 is 0 Å². The molecule has 0 N–H and O–H groups in total. The molecule has 1 rings (SSSR count). The van der Waals surface area contributed by atoms with Crippen molar-refractivity contribution in [1.82, 2.24) is 4.98 Å². The Morgan fingerprint density at radius 1 is 1.55 bits per heavy atom. The fourth-order valence-electron chi connectivity index (χ4n) is 0.685. The van der Waals surface area contributed by atoms with Crippen LogP contribution >= 0.6 is 11.3 Å². The van der Waals surface area contributed by atoms with Gasteiger partial charge in [0.1, 0.15) is 0 Å². The zero-order chi connectivity index (χ0) is 8.48. The van der Waals surface area contributed by atoms with Gasteiger partial charge in [-0.1, -0.05) is 20.8 Å². The average molecular weight is 165 g/mol. The van der Waals surface area contributed by atoms with Gasteiger partial charge in [-0.15, -0.1) is 17.8 Å². The molecule has 0 aliphatic heterocycles. The highest BCUT2D eigenvalue weighted by atomic mass is 32.1. The van der Waals surface area contributed by atoms with Crippen LogP contribution in [0.25, 0.3) is 0 Å². The van der Waals surface area contributed by atoms with Crippen LogP contribution in [0.2, 0.25) is 0 Å². The minimum atomic E-state index is 0.117. The van der Waals surface area contributed by atoms with E-state index in [1.165, 1.54) is 11.3 Å². The fourth-order valence-corrected chi connectivity index (χ4v) is 1.53. The van der Waals surface area contributed by atoms with Gasteiger partial charge in [0.15, 0.2) is 5.01 Å². The third-order valence-corrected chi connectivity index (χ3v) is 2.17. The molecule has 1 aromatic heterocycles. The van der Waals surface area contributed by atoms with Gasteiger partial charge in [-0.05, 0) is 5.92 Å². The number of hydrogen-bond donors (Lipinski definition) is 0. The summed E-state index contributed by atoms with van der Waals surface area (Å²) in [5.41, 5.74) is 1.20. The summed E-state index contributed by atoms with van der Waals surface area (Å²) in [6.07, 6.45) is 5.20.